The number of halogens is 1. The van der Waals surface area contributed by atoms with Crippen LogP contribution >= 0.6 is 11.6 Å². The Hall–Kier alpha value is -1.80. The zero-order chi connectivity index (χ0) is 14.8. The summed E-state index contributed by atoms with van der Waals surface area (Å²) in [5.41, 5.74) is 4.46. The lowest BCUT2D eigenvalue weighted by Crippen LogP contribution is -2.12. The molecule has 0 fully saturated rings. The van der Waals surface area contributed by atoms with Crippen molar-refractivity contribution in [1.29, 1.82) is 0 Å². The van der Waals surface area contributed by atoms with Gasteiger partial charge in [-0.25, -0.2) is 0 Å². The molecule has 0 amide bonds. The van der Waals surface area contributed by atoms with Gasteiger partial charge in [0.1, 0.15) is 5.75 Å². The second-order valence-electron chi connectivity index (χ2n) is 5.48. The zero-order valence-corrected chi connectivity index (χ0v) is 12.7. The Morgan fingerprint density at radius 1 is 1.14 bits per heavy atom. The predicted molar refractivity (Wildman–Crippen MR) is 84.5 cm³/mol. The third-order valence-electron chi connectivity index (χ3n) is 3.87. The van der Waals surface area contributed by atoms with Gasteiger partial charge in [0.2, 0.25) is 0 Å². The summed E-state index contributed by atoms with van der Waals surface area (Å²) in [5.74, 6) is 0.540. The number of ketones is 1. The monoisotopic (exact) mass is 300 g/mol. The van der Waals surface area contributed by atoms with E-state index in [2.05, 4.69) is 6.07 Å². The van der Waals surface area contributed by atoms with Crippen LogP contribution in [0.4, 0.5) is 0 Å². The lowest BCUT2D eigenvalue weighted by Gasteiger charge is -2.09. The second kappa shape index (κ2) is 5.90. The van der Waals surface area contributed by atoms with Gasteiger partial charge < -0.3 is 4.74 Å². The highest BCUT2D eigenvalue weighted by Crippen LogP contribution is 2.26. The maximum absolute atomic E-state index is 12.2. The predicted octanol–water partition coefficient (Wildman–Crippen LogP) is 4.40. The first-order chi connectivity index (χ1) is 10.1. The number of hydrogen-bond donors (Lipinski definition) is 0. The van der Waals surface area contributed by atoms with Crippen molar-refractivity contribution in [3.05, 3.63) is 63.7 Å². The minimum Gasteiger partial charge on any atom is -0.484 e. The Labute approximate surface area is 129 Å². The van der Waals surface area contributed by atoms with Gasteiger partial charge in [-0.3, -0.25) is 4.79 Å². The fourth-order valence-electron chi connectivity index (χ4n) is 2.69. The quantitative estimate of drug-likeness (QED) is 0.782. The number of carbonyl (C=O) groups is 1. The molecule has 0 saturated heterocycles. The average Bonchev–Trinajstić information content (AvgIpc) is 2.93. The van der Waals surface area contributed by atoms with Crippen molar-refractivity contribution in [2.75, 3.05) is 6.61 Å². The summed E-state index contributed by atoms with van der Waals surface area (Å²) in [7, 11) is 0. The largest absolute Gasteiger partial charge is 0.484 e. The summed E-state index contributed by atoms with van der Waals surface area (Å²) >= 11 is 6.10. The maximum atomic E-state index is 12.2. The van der Waals surface area contributed by atoms with Crippen LogP contribution in [0.15, 0.2) is 36.4 Å². The van der Waals surface area contributed by atoms with Crippen LogP contribution in [0.25, 0.3) is 0 Å². The first kappa shape index (κ1) is 14.2. The highest BCUT2D eigenvalue weighted by Gasteiger charge is 2.14. The SMILES string of the molecule is Cc1ccc(OCC(=O)c2ccc3c(c2)CCC3)c(Cl)c1. The second-order valence-corrected chi connectivity index (χ2v) is 5.89. The number of fused-ring (bicyclic) bond motifs is 1. The van der Waals surface area contributed by atoms with E-state index in [4.69, 9.17) is 16.3 Å². The molecule has 0 saturated carbocycles. The van der Waals surface area contributed by atoms with Crippen molar-refractivity contribution in [2.45, 2.75) is 26.2 Å². The van der Waals surface area contributed by atoms with Crippen molar-refractivity contribution >= 4 is 17.4 Å². The Kier molecular flexibility index (Phi) is 3.98. The summed E-state index contributed by atoms with van der Waals surface area (Å²) in [6, 6.07) is 11.5. The molecule has 1 aliphatic carbocycles. The van der Waals surface area contributed by atoms with Crippen molar-refractivity contribution in [3.8, 4) is 5.75 Å². The molecule has 0 aliphatic heterocycles. The summed E-state index contributed by atoms with van der Waals surface area (Å²) in [6.45, 7) is 1.98. The molecule has 1 aliphatic rings. The number of benzene rings is 2. The number of hydrogen-bond acceptors (Lipinski definition) is 2. The minimum absolute atomic E-state index is 0.0126. The van der Waals surface area contributed by atoms with Crippen LogP contribution in [0.2, 0.25) is 5.02 Å². The smallest absolute Gasteiger partial charge is 0.200 e. The molecule has 3 rings (SSSR count). The molecule has 3 heteroatoms. The lowest BCUT2D eigenvalue weighted by molar-refractivity contribution is 0.0921. The van der Waals surface area contributed by atoms with Gasteiger partial charge in [0, 0.05) is 5.56 Å². The van der Waals surface area contributed by atoms with E-state index in [9.17, 15) is 4.79 Å². The third-order valence-corrected chi connectivity index (χ3v) is 4.16. The molecule has 21 heavy (non-hydrogen) atoms. The molecule has 0 heterocycles. The molecule has 0 atom stereocenters. The molecule has 108 valence electrons. The number of rotatable bonds is 4. The summed E-state index contributed by atoms with van der Waals surface area (Å²) in [4.78, 5) is 12.2. The normalized spacial score (nSPS) is 13.0. The van der Waals surface area contributed by atoms with Crippen molar-refractivity contribution in [2.24, 2.45) is 0 Å². The summed E-state index contributed by atoms with van der Waals surface area (Å²) in [6.07, 6.45) is 3.38. The van der Waals surface area contributed by atoms with Crippen LogP contribution < -0.4 is 4.74 Å². The molecule has 2 aromatic rings. The van der Waals surface area contributed by atoms with Crippen LogP contribution in [0.3, 0.4) is 0 Å². The van der Waals surface area contributed by atoms with Crippen LogP contribution in [-0.2, 0) is 12.8 Å². The molecule has 0 N–H and O–H groups in total. The number of aryl methyl sites for hydroxylation is 3. The third kappa shape index (κ3) is 3.11. The summed E-state index contributed by atoms with van der Waals surface area (Å²) in [5, 5.41) is 0.539. The minimum atomic E-state index is -0.0126. The van der Waals surface area contributed by atoms with Crippen LogP contribution in [0, 0.1) is 6.92 Å². The molecule has 0 radical (unpaired) electrons. The zero-order valence-electron chi connectivity index (χ0n) is 12.0. The van der Waals surface area contributed by atoms with Gasteiger partial charge in [-0.15, -0.1) is 0 Å². The van der Waals surface area contributed by atoms with E-state index in [1.165, 1.54) is 17.5 Å². The number of carbonyl (C=O) groups excluding carboxylic acids is 1. The first-order valence-corrected chi connectivity index (χ1v) is 7.55. The van der Waals surface area contributed by atoms with E-state index in [0.717, 1.165) is 24.0 Å². The van der Waals surface area contributed by atoms with E-state index in [1.807, 2.05) is 31.2 Å². The van der Waals surface area contributed by atoms with Crippen molar-refractivity contribution in [3.63, 3.8) is 0 Å². The standard InChI is InChI=1S/C18H17ClO2/c1-12-5-8-18(16(19)9-12)21-11-17(20)15-7-6-13-3-2-4-14(13)10-15/h5-10H,2-4,11H2,1H3. The highest BCUT2D eigenvalue weighted by molar-refractivity contribution is 6.32. The van der Waals surface area contributed by atoms with Gasteiger partial charge in [0.25, 0.3) is 0 Å². The van der Waals surface area contributed by atoms with E-state index in [0.29, 0.717) is 10.8 Å². The molecular formula is C18H17ClO2. The fourth-order valence-corrected chi connectivity index (χ4v) is 2.98. The van der Waals surface area contributed by atoms with E-state index in [1.54, 1.807) is 6.07 Å². The van der Waals surface area contributed by atoms with Gasteiger partial charge in [-0.05, 0) is 61.1 Å². The van der Waals surface area contributed by atoms with Gasteiger partial charge >= 0.3 is 0 Å². The van der Waals surface area contributed by atoms with Gasteiger partial charge in [0.15, 0.2) is 12.4 Å². The highest BCUT2D eigenvalue weighted by atomic mass is 35.5. The van der Waals surface area contributed by atoms with E-state index < -0.39 is 0 Å². The van der Waals surface area contributed by atoms with Gasteiger partial charge in [-0.1, -0.05) is 29.8 Å². The fraction of sp³-hybridized carbons (Fsp3) is 0.278. The van der Waals surface area contributed by atoms with Crippen molar-refractivity contribution in [1.82, 2.24) is 0 Å². The van der Waals surface area contributed by atoms with Crippen LogP contribution in [0.1, 0.15) is 33.5 Å². The number of ether oxygens (including phenoxy) is 1. The van der Waals surface area contributed by atoms with E-state index >= 15 is 0 Å². The molecular weight excluding hydrogens is 284 g/mol. The van der Waals surface area contributed by atoms with Gasteiger partial charge in [0.05, 0.1) is 5.02 Å². The lowest BCUT2D eigenvalue weighted by atomic mass is 10.0. The van der Waals surface area contributed by atoms with Crippen molar-refractivity contribution < 1.29 is 9.53 Å². The maximum Gasteiger partial charge on any atom is 0.200 e. The van der Waals surface area contributed by atoms with Crippen LogP contribution in [-0.4, -0.2) is 12.4 Å². The molecule has 0 unspecified atom stereocenters. The molecule has 2 aromatic carbocycles. The Bertz CT molecular complexity index is 692. The van der Waals surface area contributed by atoms with Gasteiger partial charge in [-0.2, -0.15) is 0 Å². The summed E-state index contributed by atoms with van der Waals surface area (Å²) < 4.78 is 5.55. The average molecular weight is 301 g/mol. The molecule has 0 bridgehead atoms. The Morgan fingerprint density at radius 3 is 2.76 bits per heavy atom. The molecule has 2 nitrogen and oxygen atoms in total. The Morgan fingerprint density at radius 2 is 1.95 bits per heavy atom. The number of Topliss-reactive ketones (excluding diaryl/α,β-unsaturated/α-hetero) is 1. The topological polar surface area (TPSA) is 26.3 Å². The molecule has 0 aromatic heterocycles. The Balaban J connectivity index is 1.69. The van der Waals surface area contributed by atoms with E-state index in [-0.39, 0.29) is 12.4 Å². The first-order valence-electron chi connectivity index (χ1n) is 7.17. The van der Waals surface area contributed by atoms with Crippen LogP contribution in [0.5, 0.6) is 5.75 Å². The molecule has 0 spiro atoms.